The predicted octanol–water partition coefficient (Wildman–Crippen LogP) is 0.716. The molecule has 0 aromatic heterocycles. The lowest BCUT2D eigenvalue weighted by Gasteiger charge is -2.13. The molecule has 7 heavy (non-hydrogen) atoms. The van der Waals surface area contributed by atoms with Crippen LogP contribution in [0.25, 0.3) is 0 Å². The van der Waals surface area contributed by atoms with Crippen molar-refractivity contribution >= 4 is 0 Å². The van der Waals surface area contributed by atoms with Crippen molar-refractivity contribution in [1.29, 1.82) is 0 Å². The Kier molecular flexibility index (Phi) is 2.45. The van der Waals surface area contributed by atoms with Crippen LogP contribution in [0.2, 0.25) is 0 Å². The number of nitrogens with two attached hydrogens (primary N) is 1. The fourth-order valence-electron chi connectivity index (χ4n) is 0.270. The number of allylic oxidation sites excluding steroid dienone is 1. The molecule has 2 N–H and O–H groups in total. The van der Waals surface area contributed by atoms with E-state index in [1.165, 1.54) is 0 Å². The minimum atomic E-state index is 0.829. The van der Waals surface area contributed by atoms with E-state index in [9.17, 15) is 0 Å². The van der Waals surface area contributed by atoms with Crippen LogP contribution in [0.5, 0.6) is 0 Å². The Bertz CT molecular complexity index is 68.5. The molecule has 0 saturated heterocycles. The van der Waals surface area contributed by atoms with Gasteiger partial charge in [0.25, 0.3) is 0 Å². The van der Waals surface area contributed by atoms with Gasteiger partial charge in [0.15, 0.2) is 0 Å². The van der Waals surface area contributed by atoms with E-state index in [4.69, 9.17) is 5.84 Å². The number of hydrazine groups is 1. The summed E-state index contributed by atoms with van der Waals surface area (Å²) in [6.07, 6.45) is 0. The lowest BCUT2D eigenvalue weighted by atomic mass is 10.5. The highest BCUT2D eigenvalue weighted by molar-refractivity contribution is 4.83. The summed E-state index contributed by atoms with van der Waals surface area (Å²) < 4.78 is 0. The molecule has 0 amide bonds. The van der Waals surface area contributed by atoms with Crippen LogP contribution in [-0.4, -0.2) is 11.6 Å². The van der Waals surface area contributed by atoms with E-state index in [1.54, 1.807) is 5.01 Å². The number of hydrogen-bond donors (Lipinski definition) is 1. The summed E-state index contributed by atoms with van der Waals surface area (Å²) in [6, 6.07) is 0. The zero-order valence-electron chi connectivity index (χ0n) is 4.94. The first-order valence-corrected chi connectivity index (χ1v) is 2.36. The molecule has 42 valence electrons. The summed E-state index contributed by atoms with van der Waals surface area (Å²) in [5.41, 5.74) is 0.905. The number of rotatable bonds is 2. The fraction of sp³-hybridized carbons (Fsp3) is 0.600. The van der Waals surface area contributed by atoms with Crippen molar-refractivity contribution in [3.63, 3.8) is 0 Å². The van der Waals surface area contributed by atoms with Crippen molar-refractivity contribution in [2.75, 3.05) is 6.54 Å². The zero-order valence-corrected chi connectivity index (χ0v) is 4.94. The predicted molar refractivity (Wildman–Crippen MR) is 31.4 cm³/mol. The van der Waals surface area contributed by atoms with Gasteiger partial charge in [-0.05, 0) is 13.8 Å². The first kappa shape index (κ1) is 6.50. The highest BCUT2D eigenvalue weighted by Crippen LogP contribution is 1.88. The maximum absolute atomic E-state index is 5.35. The first-order chi connectivity index (χ1) is 3.18. The highest BCUT2D eigenvalue weighted by Gasteiger charge is 1.87. The third-order valence-electron chi connectivity index (χ3n) is 0.831. The van der Waals surface area contributed by atoms with Gasteiger partial charge < -0.3 is 5.01 Å². The van der Waals surface area contributed by atoms with Gasteiger partial charge in [0.1, 0.15) is 0 Å². The average Bonchev–Trinajstić information content (AvgIpc) is 1.65. The molecule has 2 heteroatoms. The van der Waals surface area contributed by atoms with Crippen LogP contribution < -0.4 is 5.84 Å². The SMILES string of the molecule is C=C(C)N(N)CC. The lowest BCUT2D eigenvalue weighted by Crippen LogP contribution is -2.27. The lowest BCUT2D eigenvalue weighted by molar-refractivity contribution is 0.382. The Balaban J connectivity index is 3.34. The molecule has 0 aliphatic heterocycles. The molecule has 0 heterocycles. The van der Waals surface area contributed by atoms with Gasteiger partial charge >= 0.3 is 0 Å². The number of hydrogen-bond acceptors (Lipinski definition) is 2. The molecule has 0 aromatic rings. The molecule has 0 spiro atoms. The van der Waals surface area contributed by atoms with Gasteiger partial charge in [-0.1, -0.05) is 6.58 Å². The van der Waals surface area contributed by atoms with E-state index >= 15 is 0 Å². The maximum Gasteiger partial charge on any atom is 0.0309 e. The van der Waals surface area contributed by atoms with Crippen molar-refractivity contribution in [3.05, 3.63) is 12.3 Å². The standard InChI is InChI=1S/C5H12N2/c1-4-7(6)5(2)3/h2,4,6H2,1,3H3. The number of nitrogens with zero attached hydrogens (tertiary/aromatic N) is 1. The molecule has 0 radical (unpaired) electrons. The third-order valence-corrected chi connectivity index (χ3v) is 0.831. The van der Waals surface area contributed by atoms with Crippen LogP contribution in [0.15, 0.2) is 12.3 Å². The van der Waals surface area contributed by atoms with Gasteiger partial charge in [-0.15, -0.1) is 0 Å². The summed E-state index contributed by atoms with van der Waals surface area (Å²) in [7, 11) is 0. The Morgan fingerprint density at radius 2 is 2.29 bits per heavy atom. The second kappa shape index (κ2) is 2.64. The molecule has 0 rings (SSSR count). The Hall–Kier alpha value is -0.500. The Morgan fingerprint density at radius 3 is 2.29 bits per heavy atom. The van der Waals surface area contributed by atoms with Gasteiger partial charge in [0.05, 0.1) is 0 Å². The topological polar surface area (TPSA) is 29.3 Å². The van der Waals surface area contributed by atoms with Crippen LogP contribution in [0.1, 0.15) is 13.8 Å². The molecule has 0 aliphatic carbocycles. The largest absolute Gasteiger partial charge is 0.316 e. The third kappa shape index (κ3) is 2.23. The second-order valence-corrected chi connectivity index (χ2v) is 1.52. The van der Waals surface area contributed by atoms with Gasteiger partial charge in [0, 0.05) is 12.2 Å². The molecule has 0 aliphatic rings. The van der Waals surface area contributed by atoms with Crippen molar-refractivity contribution in [2.24, 2.45) is 5.84 Å². The summed E-state index contributed by atoms with van der Waals surface area (Å²) in [5, 5.41) is 1.60. The molecule has 0 atom stereocenters. The molecule has 0 fully saturated rings. The van der Waals surface area contributed by atoms with E-state index in [2.05, 4.69) is 6.58 Å². The quantitative estimate of drug-likeness (QED) is 0.409. The van der Waals surface area contributed by atoms with E-state index < -0.39 is 0 Å². The van der Waals surface area contributed by atoms with Crippen molar-refractivity contribution in [1.82, 2.24) is 5.01 Å². The second-order valence-electron chi connectivity index (χ2n) is 1.52. The summed E-state index contributed by atoms with van der Waals surface area (Å²) in [5.74, 6) is 5.35. The maximum atomic E-state index is 5.35. The van der Waals surface area contributed by atoms with Crippen molar-refractivity contribution in [2.45, 2.75) is 13.8 Å². The fourth-order valence-corrected chi connectivity index (χ4v) is 0.270. The molecule has 2 nitrogen and oxygen atoms in total. The Labute approximate surface area is 44.6 Å². The molecule has 0 bridgehead atoms. The normalized spacial score (nSPS) is 8.43. The first-order valence-electron chi connectivity index (χ1n) is 2.36. The molecular weight excluding hydrogens is 88.1 g/mol. The van der Waals surface area contributed by atoms with Crippen molar-refractivity contribution in [3.8, 4) is 0 Å². The van der Waals surface area contributed by atoms with E-state index in [0.29, 0.717) is 0 Å². The monoisotopic (exact) mass is 100 g/mol. The minimum absolute atomic E-state index is 0.829. The van der Waals surface area contributed by atoms with Gasteiger partial charge in [0.2, 0.25) is 0 Å². The molecule has 0 aromatic carbocycles. The molecular formula is C5H12N2. The average molecular weight is 100 g/mol. The zero-order chi connectivity index (χ0) is 5.86. The highest BCUT2D eigenvalue weighted by atomic mass is 15.4. The Morgan fingerprint density at radius 1 is 1.86 bits per heavy atom. The molecule has 0 saturated carbocycles. The van der Waals surface area contributed by atoms with Crippen LogP contribution >= 0.6 is 0 Å². The minimum Gasteiger partial charge on any atom is -0.316 e. The van der Waals surface area contributed by atoms with Crippen LogP contribution in [-0.2, 0) is 0 Å². The van der Waals surface area contributed by atoms with Crippen LogP contribution in [0, 0.1) is 0 Å². The van der Waals surface area contributed by atoms with E-state index in [1.807, 2.05) is 13.8 Å². The van der Waals surface area contributed by atoms with E-state index in [-0.39, 0.29) is 0 Å². The van der Waals surface area contributed by atoms with Gasteiger partial charge in [-0.3, -0.25) is 0 Å². The van der Waals surface area contributed by atoms with Crippen LogP contribution in [0.3, 0.4) is 0 Å². The smallest absolute Gasteiger partial charge is 0.0309 e. The van der Waals surface area contributed by atoms with Crippen LogP contribution in [0.4, 0.5) is 0 Å². The van der Waals surface area contributed by atoms with Gasteiger partial charge in [-0.25, -0.2) is 5.84 Å². The van der Waals surface area contributed by atoms with Crippen molar-refractivity contribution < 1.29 is 0 Å². The summed E-state index contributed by atoms with van der Waals surface area (Å²) >= 11 is 0. The summed E-state index contributed by atoms with van der Waals surface area (Å²) in [4.78, 5) is 0. The summed E-state index contributed by atoms with van der Waals surface area (Å²) in [6.45, 7) is 8.31. The molecule has 0 unspecified atom stereocenters. The van der Waals surface area contributed by atoms with Gasteiger partial charge in [-0.2, -0.15) is 0 Å². The van der Waals surface area contributed by atoms with E-state index in [0.717, 1.165) is 12.2 Å².